The van der Waals surface area contributed by atoms with Crippen LogP contribution in [0.3, 0.4) is 0 Å². The van der Waals surface area contributed by atoms with Crippen LogP contribution in [-0.4, -0.2) is 24.5 Å². The van der Waals surface area contributed by atoms with E-state index in [-0.39, 0.29) is 5.91 Å². The van der Waals surface area contributed by atoms with Crippen molar-refractivity contribution < 1.29 is 9.53 Å². The van der Waals surface area contributed by atoms with Crippen LogP contribution in [0.25, 0.3) is 10.9 Å². The molecule has 1 heterocycles. The van der Waals surface area contributed by atoms with E-state index in [4.69, 9.17) is 4.74 Å². The molecule has 0 radical (unpaired) electrons. The fraction of sp³-hybridized carbons (Fsp3) is 0.308. The summed E-state index contributed by atoms with van der Waals surface area (Å²) in [6.07, 6.45) is 0.811. The van der Waals surface area contributed by atoms with E-state index in [0.29, 0.717) is 6.54 Å². The normalized spacial score (nSPS) is 10.6. The minimum atomic E-state index is 0.00225. The van der Waals surface area contributed by atoms with Gasteiger partial charge in [-0.15, -0.1) is 0 Å². The molecule has 4 nitrogen and oxygen atoms in total. The SMILES string of the molecule is COc1ccc2[nH]c([123I])c(CCNC(C)=O)c2c1. The Kier molecular flexibility index (Phi) is 4.11. The van der Waals surface area contributed by atoms with Gasteiger partial charge in [0.05, 0.1) is 10.8 Å². The van der Waals surface area contributed by atoms with E-state index in [9.17, 15) is 4.79 Å². The summed E-state index contributed by atoms with van der Waals surface area (Å²) in [4.78, 5) is 14.2. The molecule has 0 spiro atoms. The molecular weight excluding hydrogens is 339 g/mol. The standard InChI is InChI=1S/C13H15IN2O2/c1-8(17)15-6-5-10-11-7-9(18-2)3-4-12(11)16-13(10)14/h3-4,7,16H,5-6H2,1-2H3,(H,15,17)/i14-4. The zero-order valence-corrected chi connectivity index (χ0v) is 12.5. The first-order valence-electron chi connectivity index (χ1n) is 5.70. The van der Waals surface area contributed by atoms with Crippen LogP contribution in [0.15, 0.2) is 18.2 Å². The Morgan fingerprint density at radius 2 is 2.28 bits per heavy atom. The van der Waals surface area contributed by atoms with Gasteiger partial charge >= 0.3 is 0 Å². The zero-order valence-electron chi connectivity index (χ0n) is 10.3. The predicted molar refractivity (Wildman–Crippen MR) is 80.0 cm³/mol. The number of hydrogen-bond donors (Lipinski definition) is 2. The number of carbonyl (C=O) groups excluding carboxylic acids is 1. The summed E-state index contributed by atoms with van der Waals surface area (Å²) in [5.74, 6) is 0.848. The van der Waals surface area contributed by atoms with Gasteiger partial charge in [-0.25, -0.2) is 0 Å². The molecule has 2 rings (SSSR count). The van der Waals surface area contributed by atoms with E-state index in [2.05, 4.69) is 32.9 Å². The van der Waals surface area contributed by atoms with Gasteiger partial charge in [-0.05, 0) is 52.8 Å². The zero-order chi connectivity index (χ0) is 13.1. The van der Waals surface area contributed by atoms with Gasteiger partial charge in [-0.2, -0.15) is 0 Å². The van der Waals surface area contributed by atoms with Crippen molar-refractivity contribution in [1.82, 2.24) is 10.3 Å². The number of ether oxygens (including phenoxy) is 1. The Morgan fingerprint density at radius 1 is 1.50 bits per heavy atom. The van der Waals surface area contributed by atoms with E-state index in [1.165, 1.54) is 12.5 Å². The maximum atomic E-state index is 10.9. The highest BCUT2D eigenvalue weighted by molar-refractivity contribution is 14.1. The quantitative estimate of drug-likeness (QED) is 0.829. The summed E-state index contributed by atoms with van der Waals surface area (Å²) in [5.41, 5.74) is 2.32. The van der Waals surface area contributed by atoms with E-state index < -0.39 is 0 Å². The average molecular weight is 354 g/mol. The Hall–Kier alpha value is -1.24. The molecule has 0 fully saturated rings. The Balaban J connectivity index is 2.29. The summed E-state index contributed by atoms with van der Waals surface area (Å²) < 4.78 is 6.36. The average Bonchev–Trinajstić information content (AvgIpc) is 2.64. The van der Waals surface area contributed by atoms with Crippen molar-refractivity contribution >= 4 is 39.4 Å². The van der Waals surface area contributed by atoms with Crippen molar-refractivity contribution in [3.05, 3.63) is 27.5 Å². The van der Waals surface area contributed by atoms with Crippen LogP contribution in [0.4, 0.5) is 0 Å². The van der Waals surface area contributed by atoms with Gasteiger partial charge in [0.1, 0.15) is 5.75 Å². The lowest BCUT2D eigenvalue weighted by Crippen LogP contribution is -2.22. The second-order valence-corrected chi connectivity index (χ2v) is 5.14. The van der Waals surface area contributed by atoms with Gasteiger partial charge in [0.15, 0.2) is 0 Å². The van der Waals surface area contributed by atoms with Crippen molar-refractivity contribution in [2.24, 2.45) is 0 Å². The highest BCUT2D eigenvalue weighted by atomic mass is 123. The Labute approximate surface area is 119 Å². The smallest absolute Gasteiger partial charge is 0.216 e. The first-order valence-corrected chi connectivity index (χ1v) is 6.78. The molecule has 2 aromatic rings. The first kappa shape index (κ1) is 13.2. The molecule has 0 aliphatic carbocycles. The first-order chi connectivity index (χ1) is 8.61. The molecule has 2 N–H and O–H groups in total. The molecule has 96 valence electrons. The van der Waals surface area contributed by atoms with Crippen LogP contribution in [-0.2, 0) is 11.2 Å². The third-order valence-corrected chi connectivity index (χ3v) is 3.73. The van der Waals surface area contributed by atoms with Crippen molar-refractivity contribution in [3.63, 3.8) is 0 Å². The van der Waals surface area contributed by atoms with Crippen LogP contribution < -0.4 is 10.1 Å². The van der Waals surface area contributed by atoms with Crippen molar-refractivity contribution in [1.29, 1.82) is 0 Å². The number of H-pyrrole nitrogens is 1. The lowest BCUT2D eigenvalue weighted by Gasteiger charge is -2.03. The summed E-state index contributed by atoms with van der Waals surface area (Å²) in [6, 6.07) is 5.97. The van der Waals surface area contributed by atoms with Crippen molar-refractivity contribution in [3.8, 4) is 5.75 Å². The van der Waals surface area contributed by atoms with E-state index >= 15 is 0 Å². The van der Waals surface area contributed by atoms with E-state index in [0.717, 1.165) is 26.8 Å². The Bertz CT molecular complexity index is 578. The van der Waals surface area contributed by atoms with Crippen LogP contribution in [0, 0.1) is 3.70 Å². The van der Waals surface area contributed by atoms with Crippen molar-refractivity contribution in [2.45, 2.75) is 13.3 Å². The summed E-state index contributed by atoms with van der Waals surface area (Å²) >= 11 is 2.29. The molecule has 0 bridgehead atoms. The summed E-state index contributed by atoms with van der Waals surface area (Å²) in [6.45, 7) is 2.18. The number of amides is 1. The summed E-state index contributed by atoms with van der Waals surface area (Å²) in [7, 11) is 1.66. The third-order valence-electron chi connectivity index (χ3n) is 2.81. The number of benzene rings is 1. The molecule has 18 heavy (non-hydrogen) atoms. The van der Waals surface area contributed by atoms with Crippen LogP contribution in [0.5, 0.6) is 5.75 Å². The van der Waals surface area contributed by atoms with Gasteiger partial charge in [0, 0.05) is 24.4 Å². The monoisotopic (exact) mass is 354 g/mol. The second kappa shape index (κ2) is 5.60. The Morgan fingerprint density at radius 3 is 2.94 bits per heavy atom. The van der Waals surface area contributed by atoms with Gasteiger partial charge < -0.3 is 15.0 Å². The fourth-order valence-corrected chi connectivity index (χ4v) is 2.78. The molecule has 0 saturated carbocycles. The number of methoxy groups -OCH3 is 1. The van der Waals surface area contributed by atoms with Crippen molar-refractivity contribution in [2.75, 3.05) is 13.7 Å². The molecule has 0 atom stereocenters. The third kappa shape index (κ3) is 2.77. The molecule has 0 aliphatic heterocycles. The molecule has 1 aromatic carbocycles. The van der Waals surface area contributed by atoms with Crippen LogP contribution in [0.2, 0.25) is 0 Å². The van der Waals surface area contributed by atoms with Crippen LogP contribution in [0.1, 0.15) is 12.5 Å². The largest absolute Gasteiger partial charge is 0.497 e. The highest BCUT2D eigenvalue weighted by Gasteiger charge is 2.10. The lowest BCUT2D eigenvalue weighted by atomic mass is 10.1. The predicted octanol–water partition coefficient (Wildman–Crippen LogP) is 2.46. The van der Waals surface area contributed by atoms with Gasteiger partial charge in [0.25, 0.3) is 0 Å². The van der Waals surface area contributed by atoms with Gasteiger partial charge in [-0.3, -0.25) is 4.79 Å². The number of carbonyl (C=O) groups is 1. The molecule has 0 saturated heterocycles. The van der Waals surface area contributed by atoms with E-state index in [1.54, 1.807) is 7.11 Å². The molecule has 0 aliphatic rings. The number of aromatic amines is 1. The van der Waals surface area contributed by atoms with Gasteiger partial charge in [-0.1, -0.05) is 0 Å². The number of aromatic nitrogens is 1. The minimum absolute atomic E-state index is 0.00225. The number of hydrogen-bond acceptors (Lipinski definition) is 2. The fourth-order valence-electron chi connectivity index (χ4n) is 1.93. The highest BCUT2D eigenvalue weighted by Crippen LogP contribution is 2.27. The summed E-state index contributed by atoms with van der Waals surface area (Å²) in [5, 5.41) is 3.97. The number of halogens is 1. The second-order valence-electron chi connectivity index (χ2n) is 4.06. The molecule has 0 unspecified atom stereocenters. The number of fused-ring (bicyclic) bond motifs is 1. The molecular formula is C13H15IN2O2. The maximum Gasteiger partial charge on any atom is 0.216 e. The van der Waals surface area contributed by atoms with Crippen LogP contribution >= 0.6 is 22.6 Å². The molecule has 1 amide bonds. The topological polar surface area (TPSA) is 54.1 Å². The minimum Gasteiger partial charge on any atom is -0.497 e. The number of rotatable bonds is 4. The maximum absolute atomic E-state index is 10.9. The van der Waals surface area contributed by atoms with E-state index in [1.807, 2.05) is 18.2 Å². The van der Waals surface area contributed by atoms with Gasteiger partial charge in [0.2, 0.25) is 5.91 Å². The molecule has 5 heteroatoms. The lowest BCUT2D eigenvalue weighted by molar-refractivity contribution is -0.118. The number of nitrogens with one attached hydrogen (secondary N) is 2. The molecule has 1 aromatic heterocycles.